The van der Waals surface area contributed by atoms with Crippen molar-refractivity contribution in [2.45, 2.75) is 20.8 Å². The summed E-state index contributed by atoms with van der Waals surface area (Å²) in [6, 6.07) is 0. The second kappa shape index (κ2) is 10.1. The normalized spacial score (nSPS) is 10.8. The van der Waals surface area contributed by atoms with Gasteiger partial charge in [0.1, 0.15) is 0 Å². The molecule has 0 heterocycles. The fraction of sp³-hybridized carbons (Fsp3) is 0.429. The number of allylic oxidation sites excluding steroid dienone is 2. The fourth-order valence-electron chi connectivity index (χ4n) is 0.173. The minimum atomic E-state index is 0.850. The van der Waals surface area contributed by atoms with E-state index in [-0.39, 0.29) is 0 Å². The molecular weight excluding hydrogens is 114 g/mol. The molecule has 0 spiro atoms. The highest BCUT2D eigenvalue weighted by Gasteiger charge is 1.71. The minimum absolute atomic E-state index is 0.850. The van der Waals surface area contributed by atoms with Gasteiger partial charge in [-0.05, 0) is 24.8 Å². The Morgan fingerprint density at radius 2 is 1.89 bits per heavy atom. The third kappa shape index (κ3) is 11.0. The minimum Gasteiger partial charge on any atom is -0.516 e. The first-order valence-electron chi connectivity index (χ1n) is 3.00. The monoisotopic (exact) mass is 129 g/mol. The second-order valence-electron chi connectivity index (χ2n) is 1.23. The van der Waals surface area contributed by atoms with Crippen molar-refractivity contribution in [1.29, 1.82) is 0 Å². The summed E-state index contributed by atoms with van der Waals surface area (Å²) in [5, 5.41) is 8.09. The van der Waals surface area contributed by atoms with E-state index in [0.29, 0.717) is 0 Å². The van der Waals surface area contributed by atoms with Gasteiger partial charge in [-0.15, -0.1) is 0 Å². The third-order valence-electron chi connectivity index (χ3n) is 0.600. The highest BCUT2D eigenvalue weighted by molar-refractivity contribution is 5.11. The Morgan fingerprint density at radius 1 is 1.44 bits per heavy atom. The van der Waals surface area contributed by atoms with Gasteiger partial charge in [-0.3, -0.25) is 0 Å². The molecule has 2 nitrogen and oxygen atoms in total. The lowest BCUT2D eigenvalue weighted by molar-refractivity contribution is 0.473. The van der Waals surface area contributed by atoms with Crippen LogP contribution in [0.3, 0.4) is 0 Å². The summed E-state index contributed by atoms with van der Waals surface area (Å²) in [5.41, 5.74) is 5.88. The SMILES string of the molecule is CC.CC(/C=C\O)=C/N. The van der Waals surface area contributed by atoms with Crippen LogP contribution in [0, 0.1) is 0 Å². The molecule has 9 heavy (non-hydrogen) atoms. The maximum Gasteiger partial charge on any atom is 0.0794 e. The van der Waals surface area contributed by atoms with Gasteiger partial charge in [0.15, 0.2) is 0 Å². The van der Waals surface area contributed by atoms with Gasteiger partial charge in [-0.1, -0.05) is 13.8 Å². The van der Waals surface area contributed by atoms with Crippen LogP contribution < -0.4 is 5.73 Å². The summed E-state index contributed by atoms with van der Waals surface area (Å²) in [5.74, 6) is 0. The highest BCUT2D eigenvalue weighted by Crippen LogP contribution is 1.87. The maximum atomic E-state index is 8.09. The van der Waals surface area contributed by atoms with Gasteiger partial charge in [0.2, 0.25) is 0 Å². The van der Waals surface area contributed by atoms with Crippen molar-refractivity contribution in [1.82, 2.24) is 0 Å². The van der Waals surface area contributed by atoms with E-state index < -0.39 is 0 Å². The summed E-state index contributed by atoms with van der Waals surface area (Å²) in [6.07, 6.45) is 3.89. The third-order valence-corrected chi connectivity index (χ3v) is 0.600. The van der Waals surface area contributed by atoms with Crippen molar-refractivity contribution < 1.29 is 5.11 Å². The Bertz CT molecular complexity index is 95.1. The van der Waals surface area contributed by atoms with Crippen molar-refractivity contribution in [2.75, 3.05) is 0 Å². The summed E-state index contributed by atoms with van der Waals surface area (Å²) in [6.45, 7) is 5.80. The molecule has 54 valence electrons. The lowest BCUT2D eigenvalue weighted by Crippen LogP contribution is -1.79. The van der Waals surface area contributed by atoms with E-state index in [1.54, 1.807) is 6.92 Å². The molecule has 0 rings (SSSR count). The van der Waals surface area contributed by atoms with Crippen LogP contribution in [0.5, 0.6) is 0 Å². The lowest BCUT2D eigenvalue weighted by atomic mass is 10.3. The smallest absolute Gasteiger partial charge is 0.0794 e. The second-order valence-corrected chi connectivity index (χ2v) is 1.23. The maximum absolute atomic E-state index is 8.09. The molecular formula is C7H15NO. The Kier molecular flexibility index (Phi) is 12.3. The van der Waals surface area contributed by atoms with E-state index in [2.05, 4.69) is 0 Å². The molecule has 0 aromatic heterocycles. The van der Waals surface area contributed by atoms with Crippen molar-refractivity contribution in [3.63, 3.8) is 0 Å². The Hall–Kier alpha value is -0.920. The van der Waals surface area contributed by atoms with Crippen LogP contribution in [0.4, 0.5) is 0 Å². The van der Waals surface area contributed by atoms with Crippen molar-refractivity contribution in [3.8, 4) is 0 Å². The molecule has 0 aromatic carbocycles. The quantitative estimate of drug-likeness (QED) is 0.420. The van der Waals surface area contributed by atoms with Gasteiger partial charge < -0.3 is 10.8 Å². The molecule has 0 aliphatic heterocycles. The van der Waals surface area contributed by atoms with Crippen molar-refractivity contribution >= 4 is 0 Å². The van der Waals surface area contributed by atoms with Crippen LogP contribution in [0.15, 0.2) is 24.1 Å². The molecule has 0 saturated carbocycles. The largest absolute Gasteiger partial charge is 0.516 e. The summed E-state index contributed by atoms with van der Waals surface area (Å²) >= 11 is 0. The molecule has 0 saturated heterocycles. The molecule has 0 aliphatic rings. The zero-order valence-corrected chi connectivity index (χ0v) is 6.26. The summed E-state index contributed by atoms with van der Waals surface area (Å²) in [7, 11) is 0. The number of aliphatic hydroxyl groups excluding tert-OH is 1. The van der Waals surface area contributed by atoms with E-state index >= 15 is 0 Å². The Labute approximate surface area is 56.7 Å². The first-order chi connectivity index (χ1) is 4.31. The molecule has 0 bridgehead atoms. The van der Waals surface area contributed by atoms with Gasteiger partial charge in [-0.25, -0.2) is 0 Å². The van der Waals surface area contributed by atoms with E-state index in [0.717, 1.165) is 11.8 Å². The van der Waals surface area contributed by atoms with Crippen molar-refractivity contribution in [2.24, 2.45) is 5.73 Å². The lowest BCUT2D eigenvalue weighted by Gasteiger charge is -1.81. The van der Waals surface area contributed by atoms with Crippen LogP contribution in [0.2, 0.25) is 0 Å². The first-order valence-corrected chi connectivity index (χ1v) is 3.00. The number of hydrogen-bond donors (Lipinski definition) is 2. The average molecular weight is 129 g/mol. The van der Waals surface area contributed by atoms with Gasteiger partial charge in [0.25, 0.3) is 0 Å². The van der Waals surface area contributed by atoms with Gasteiger partial charge in [0.05, 0.1) is 6.26 Å². The Morgan fingerprint density at radius 3 is 2.00 bits per heavy atom. The Balaban J connectivity index is 0. The van der Waals surface area contributed by atoms with Gasteiger partial charge in [0, 0.05) is 0 Å². The summed E-state index contributed by atoms with van der Waals surface area (Å²) in [4.78, 5) is 0. The number of aliphatic hydroxyl groups is 1. The predicted molar refractivity (Wildman–Crippen MR) is 41.1 cm³/mol. The topological polar surface area (TPSA) is 46.2 Å². The predicted octanol–water partition coefficient (Wildman–Crippen LogP) is 1.95. The molecule has 0 aromatic rings. The van der Waals surface area contributed by atoms with Crippen molar-refractivity contribution in [3.05, 3.63) is 24.1 Å². The molecule has 2 heteroatoms. The standard InChI is InChI=1S/C5H9NO.C2H6/c1-5(4-6)2-3-7;1-2/h2-4,7H,6H2,1H3;1-2H3/b3-2-,5-4-;. The van der Waals surface area contributed by atoms with Crippen LogP contribution in [0.1, 0.15) is 20.8 Å². The number of nitrogens with two attached hydrogens (primary N) is 1. The molecule has 3 N–H and O–H groups in total. The zero-order chi connectivity index (χ0) is 7.70. The van der Waals surface area contributed by atoms with E-state index in [4.69, 9.17) is 10.8 Å². The van der Waals surface area contributed by atoms with E-state index in [1.807, 2.05) is 13.8 Å². The first kappa shape index (κ1) is 11.0. The fourth-order valence-corrected chi connectivity index (χ4v) is 0.173. The number of hydrogen-bond acceptors (Lipinski definition) is 2. The molecule has 0 fully saturated rings. The molecule has 0 unspecified atom stereocenters. The van der Waals surface area contributed by atoms with Crippen LogP contribution >= 0.6 is 0 Å². The molecule has 0 radical (unpaired) electrons. The van der Waals surface area contributed by atoms with Gasteiger partial charge >= 0.3 is 0 Å². The molecule has 0 aliphatic carbocycles. The van der Waals surface area contributed by atoms with Crippen LogP contribution in [-0.4, -0.2) is 5.11 Å². The zero-order valence-electron chi connectivity index (χ0n) is 6.26. The highest BCUT2D eigenvalue weighted by atomic mass is 16.2. The number of rotatable bonds is 1. The average Bonchev–Trinajstić information content (AvgIpc) is 1.93. The van der Waals surface area contributed by atoms with Crippen LogP contribution in [-0.2, 0) is 0 Å². The molecule has 0 amide bonds. The van der Waals surface area contributed by atoms with E-state index in [9.17, 15) is 0 Å². The molecule has 0 atom stereocenters. The van der Waals surface area contributed by atoms with Gasteiger partial charge in [-0.2, -0.15) is 0 Å². The van der Waals surface area contributed by atoms with Crippen LogP contribution in [0.25, 0.3) is 0 Å². The summed E-state index contributed by atoms with van der Waals surface area (Å²) < 4.78 is 0. The van der Waals surface area contributed by atoms with E-state index in [1.165, 1.54) is 12.3 Å².